The van der Waals surface area contributed by atoms with E-state index in [0.717, 1.165) is 42.6 Å². The number of nitrogen functional groups attached to an aromatic ring is 1. The fourth-order valence-corrected chi connectivity index (χ4v) is 8.40. The van der Waals surface area contributed by atoms with Crippen LogP contribution in [0, 0.1) is 0 Å². The fraction of sp³-hybridized carbons (Fsp3) is 0.581. The molecule has 5 heterocycles. The van der Waals surface area contributed by atoms with Crippen molar-refractivity contribution in [3.8, 4) is 0 Å². The molecule has 0 unspecified atom stereocenters. The van der Waals surface area contributed by atoms with E-state index >= 15 is 0 Å². The van der Waals surface area contributed by atoms with Crippen LogP contribution in [-0.4, -0.2) is 108 Å². The average Bonchev–Trinajstić information content (AvgIpc) is 3.52. The Morgan fingerprint density at radius 2 is 1.72 bits per heavy atom. The zero-order valence-corrected chi connectivity index (χ0v) is 28.4. The van der Waals surface area contributed by atoms with Gasteiger partial charge in [0.25, 0.3) is 0 Å². The van der Waals surface area contributed by atoms with Crippen LogP contribution in [0.4, 0.5) is 34.1 Å². The molecule has 0 saturated carbocycles. The second-order valence-corrected chi connectivity index (χ2v) is 14.5. The second-order valence-electron chi connectivity index (χ2n) is 12.6. The summed E-state index contributed by atoms with van der Waals surface area (Å²) in [5, 5.41) is 11.1. The van der Waals surface area contributed by atoms with E-state index in [9.17, 15) is 27.6 Å². The lowest BCUT2D eigenvalue weighted by Gasteiger charge is -2.42. The molecule has 11 nitrogen and oxygen atoms in total. The molecular formula is C31H40BrF3N8O3S. The number of likely N-dealkylation sites (tertiary alicyclic amines) is 1. The number of hydrogen-bond acceptors (Lipinski definition) is 7. The lowest BCUT2D eigenvalue weighted by atomic mass is 10.00. The zero-order valence-electron chi connectivity index (χ0n) is 26.0. The molecule has 4 aliphatic rings. The van der Waals surface area contributed by atoms with Crippen molar-refractivity contribution in [2.45, 2.75) is 63.0 Å². The molecule has 1 aromatic carbocycles. The maximum Gasteiger partial charge on any atom is 0.418 e. The number of amides is 5. The largest absolute Gasteiger partial charge is 0.418 e. The Morgan fingerprint density at radius 1 is 1.02 bits per heavy atom. The summed E-state index contributed by atoms with van der Waals surface area (Å²) in [4.78, 5) is 48.9. The number of nitrogens with two attached hydrogens (primary N) is 1. The maximum atomic E-state index is 14.0. The molecule has 3 fully saturated rings. The third kappa shape index (κ3) is 7.65. The Morgan fingerprint density at radius 3 is 2.40 bits per heavy atom. The predicted octanol–water partition coefficient (Wildman–Crippen LogP) is 4.14. The minimum absolute atomic E-state index is 0.0455. The van der Waals surface area contributed by atoms with Gasteiger partial charge in [-0.1, -0.05) is 0 Å². The molecule has 0 aliphatic carbocycles. The Labute approximate surface area is 284 Å². The van der Waals surface area contributed by atoms with Crippen molar-refractivity contribution in [3.05, 3.63) is 44.1 Å². The molecule has 0 spiro atoms. The van der Waals surface area contributed by atoms with Gasteiger partial charge in [0.15, 0.2) is 0 Å². The van der Waals surface area contributed by atoms with Gasteiger partial charge >= 0.3 is 18.2 Å². The topological polar surface area (TPSA) is 126 Å². The summed E-state index contributed by atoms with van der Waals surface area (Å²) < 4.78 is 41.5. The summed E-state index contributed by atoms with van der Waals surface area (Å²) in [6.07, 6.45) is -1.58. The van der Waals surface area contributed by atoms with Gasteiger partial charge in [-0.25, -0.2) is 9.59 Å². The van der Waals surface area contributed by atoms with Gasteiger partial charge in [-0.3, -0.25) is 9.69 Å². The highest BCUT2D eigenvalue weighted by Crippen LogP contribution is 2.38. The highest BCUT2D eigenvalue weighted by molar-refractivity contribution is 9.10. The number of piperidine rings is 2. The second kappa shape index (κ2) is 14.2. The highest BCUT2D eigenvalue weighted by atomic mass is 79.9. The van der Waals surface area contributed by atoms with Gasteiger partial charge in [-0.05, 0) is 83.8 Å². The first-order valence-corrected chi connectivity index (χ1v) is 17.7. The number of carbonyl (C=O) groups is 3. The van der Waals surface area contributed by atoms with E-state index in [-0.39, 0.29) is 34.4 Å². The zero-order chi connectivity index (χ0) is 33.3. The number of thiophene rings is 1. The highest BCUT2D eigenvalue weighted by Gasteiger charge is 2.37. The number of nitrogens with zero attached hydrogens (tertiary/aromatic N) is 4. The lowest BCUT2D eigenvalue weighted by molar-refractivity contribution is -0.137. The predicted molar refractivity (Wildman–Crippen MR) is 177 cm³/mol. The molecule has 47 heavy (non-hydrogen) atoms. The van der Waals surface area contributed by atoms with E-state index in [4.69, 9.17) is 5.73 Å². The smallest absolute Gasteiger partial charge is 0.397 e. The van der Waals surface area contributed by atoms with Crippen LogP contribution in [0.1, 0.15) is 41.7 Å². The van der Waals surface area contributed by atoms with Crippen molar-refractivity contribution >= 4 is 56.6 Å². The Hall–Kier alpha value is -3.08. The summed E-state index contributed by atoms with van der Waals surface area (Å²) >= 11 is 4.73. The number of carbonyl (C=O) groups excluding carboxylic acids is 3. The van der Waals surface area contributed by atoms with Crippen molar-refractivity contribution in [2.75, 3.05) is 63.4 Å². The number of halogens is 4. The van der Waals surface area contributed by atoms with Crippen molar-refractivity contribution in [1.82, 2.24) is 30.2 Å². The Kier molecular flexibility index (Phi) is 10.2. The number of urea groups is 2. The van der Waals surface area contributed by atoms with E-state index in [2.05, 4.69) is 36.8 Å². The average molecular weight is 742 g/mol. The number of nitrogens with one attached hydrogen (secondary N) is 3. The third-order valence-corrected chi connectivity index (χ3v) is 11.3. The van der Waals surface area contributed by atoms with Crippen LogP contribution in [0.25, 0.3) is 0 Å². The summed E-state index contributed by atoms with van der Waals surface area (Å²) in [7, 11) is 0. The molecule has 256 valence electrons. The summed E-state index contributed by atoms with van der Waals surface area (Å²) in [6, 6.07) is 3.05. The van der Waals surface area contributed by atoms with Gasteiger partial charge in [0, 0.05) is 67.1 Å². The van der Waals surface area contributed by atoms with Crippen LogP contribution in [0.15, 0.2) is 28.1 Å². The number of anilines is 2. The van der Waals surface area contributed by atoms with Crippen LogP contribution in [-0.2, 0) is 23.9 Å². The maximum absolute atomic E-state index is 14.0. The van der Waals surface area contributed by atoms with Crippen LogP contribution >= 0.6 is 27.3 Å². The number of alkyl halides is 3. The number of piperazine rings is 1. The van der Waals surface area contributed by atoms with Crippen LogP contribution < -0.4 is 21.7 Å². The first-order valence-electron chi connectivity index (χ1n) is 16.1. The summed E-state index contributed by atoms with van der Waals surface area (Å²) in [5.74, 6) is -0.323. The van der Waals surface area contributed by atoms with E-state index in [1.54, 1.807) is 26.0 Å². The molecule has 1 atom stereocenters. The molecule has 0 bridgehead atoms. The normalized spacial score (nSPS) is 20.9. The minimum atomic E-state index is -4.68. The SMILES string of the molecule is Nc1c(Br)cc(C[C@@H](NC(=O)N2CCC(N3Cc4sccc4NC3=O)CC2)C(=O)N2CCN(C3CCNCC3)CC2)cc1C(F)(F)F. The standard InChI is InChI=1S/C31H40BrF3N8O3S/c32-23-16-19(15-22(27(23)36)31(33,34)35)17-25(28(44)41-12-10-40(11-13-41)20-1-6-37-7-2-20)39-29(45)42-8-3-21(4-9-42)43-18-26-24(5-14-47-26)38-30(43)46/h5,14-16,20-21,25,37H,1-4,6-13,17-18,36H2,(H,38,46)(H,39,45)/t25-/m1/s1. The third-order valence-electron chi connectivity index (χ3n) is 9.74. The van der Waals surface area contributed by atoms with Gasteiger partial charge in [0.2, 0.25) is 5.91 Å². The van der Waals surface area contributed by atoms with Crippen LogP contribution in [0.5, 0.6) is 0 Å². The molecule has 1 aromatic heterocycles. The quantitative estimate of drug-likeness (QED) is 0.330. The van der Waals surface area contributed by atoms with E-state index < -0.39 is 29.5 Å². The first-order chi connectivity index (χ1) is 22.5. The molecule has 6 rings (SSSR count). The van der Waals surface area contributed by atoms with Crippen LogP contribution in [0.3, 0.4) is 0 Å². The first kappa shape index (κ1) is 33.8. The number of hydrogen-bond donors (Lipinski definition) is 4. The van der Waals surface area contributed by atoms with E-state index in [1.807, 2.05) is 11.4 Å². The number of rotatable bonds is 6. The molecule has 16 heteroatoms. The van der Waals surface area contributed by atoms with E-state index in [0.29, 0.717) is 64.7 Å². The van der Waals surface area contributed by atoms with Gasteiger partial charge in [0.1, 0.15) is 6.04 Å². The lowest BCUT2D eigenvalue weighted by Crippen LogP contribution is -2.59. The Balaban J connectivity index is 1.13. The molecule has 3 saturated heterocycles. The van der Waals surface area contributed by atoms with Gasteiger partial charge in [-0.15, -0.1) is 11.3 Å². The summed E-state index contributed by atoms with van der Waals surface area (Å²) in [5.41, 5.74) is 5.38. The Bertz CT molecular complexity index is 1470. The molecule has 4 aliphatic heterocycles. The molecule has 5 amide bonds. The number of benzene rings is 1. The summed E-state index contributed by atoms with van der Waals surface area (Å²) in [6.45, 7) is 5.56. The van der Waals surface area contributed by atoms with Gasteiger partial charge < -0.3 is 36.4 Å². The van der Waals surface area contributed by atoms with Crippen molar-refractivity contribution in [3.63, 3.8) is 0 Å². The van der Waals surface area contributed by atoms with Crippen LogP contribution in [0.2, 0.25) is 0 Å². The van der Waals surface area contributed by atoms with Gasteiger partial charge in [0.05, 0.1) is 23.5 Å². The molecule has 2 aromatic rings. The molecule has 5 N–H and O–H groups in total. The van der Waals surface area contributed by atoms with Crippen molar-refractivity contribution in [1.29, 1.82) is 0 Å². The van der Waals surface area contributed by atoms with E-state index in [1.165, 1.54) is 6.07 Å². The fourth-order valence-electron chi connectivity index (χ4n) is 7.07. The minimum Gasteiger partial charge on any atom is -0.397 e. The van der Waals surface area contributed by atoms with Gasteiger partial charge in [-0.2, -0.15) is 13.2 Å². The number of fused-ring (bicyclic) bond motifs is 1. The molecular weight excluding hydrogens is 701 g/mol. The monoisotopic (exact) mass is 740 g/mol. The van der Waals surface area contributed by atoms with Crippen molar-refractivity contribution in [2.24, 2.45) is 0 Å². The molecule has 0 radical (unpaired) electrons. The van der Waals surface area contributed by atoms with Crippen molar-refractivity contribution < 1.29 is 27.6 Å².